The second-order valence-corrected chi connectivity index (χ2v) is 7.14. The average Bonchev–Trinajstić information content (AvgIpc) is 2.48. The third-order valence-corrected chi connectivity index (χ3v) is 5.34. The molecule has 0 radical (unpaired) electrons. The van der Waals surface area contributed by atoms with Gasteiger partial charge in [-0.2, -0.15) is 0 Å². The van der Waals surface area contributed by atoms with Gasteiger partial charge in [0.2, 0.25) is 0 Å². The third kappa shape index (κ3) is 4.33. The molecule has 0 heterocycles. The highest BCUT2D eigenvalue weighted by molar-refractivity contribution is 7.54. The van der Waals surface area contributed by atoms with Crippen molar-refractivity contribution < 1.29 is 13.6 Å². The predicted molar refractivity (Wildman–Crippen MR) is 88.2 cm³/mol. The van der Waals surface area contributed by atoms with Crippen LogP contribution in [0.5, 0.6) is 5.75 Å². The number of rotatable bonds is 8. The molecule has 0 aliphatic heterocycles. The van der Waals surface area contributed by atoms with Crippen LogP contribution in [0.3, 0.4) is 0 Å². The Kier molecular flexibility index (Phi) is 5.84. The van der Waals surface area contributed by atoms with Gasteiger partial charge in [0, 0.05) is 5.39 Å². The molecule has 2 aromatic rings. The van der Waals surface area contributed by atoms with E-state index in [-0.39, 0.29) is 0 Å². The molecule has 0 bridgehead atoms. The molecule has 114 valence electrons. The summed E-state index contributed by atoms with van der Waals surface area (Å²) >= 11 is 0. The van der Waals surface area contributed by atoms with Crippen molar-refractivity contribution in [3.05, 3.63) is 42.5 Å². The lowest BCUT2D eigenvalue weighted by Crippen LogP contribution is -2.03. The molecule has 4 heteroatoms. The maximum absolute atomic E-state index is 12.9. The van der Waals surface area contributed by atoms with Crippen LogP contribution in [0, 0.1) is 0 Å². The van der Waals surface area contributed by atoms with Gasteiger partial charge in [-0.1, -0.05) is 56.2 Å². The van der Waals surface area contributed by atoms with Gasteiger partial charge in [0.1, 0.15) is 5.75 Å². The Morgan fingerprint density at radius 2 is 1.76 bits per heavy atom. The molecule has 0 aliphatic carbocycles. The highest BCUT2D eigenvalue weighted by atomic mass is 31.2. The van der Waals surface area contributed by atoms with Crippen molar-refractivity contribution in [3.8, 4) is 5.75 Å². The fourth-order valence-electron chi connectivity index (χ4n) is 2.31. The van der Waals surface area contributed by atoms with Crippen molar-refractivity contribution in [1.29, 1.82) is 0 Å². The SMILES string of the molecule is CCCCCP(=O)(OCC)Oc1cccc2ccccc12. The molecule has 0 saturated heterocycles. The molecular formula is C17H23O3P. The molecule has 0 N–H and O–H groups in total. The number of benzene rings is 2. The molecule has 0 fully saturated rings. The van der Waals surface area contributed by atoms with E-state index in [9.17, 15) is 4.57 Å². The summed E-state index contributed by atoms with van der Waals surface area (Å²) in [6.07, 6.45) is 3.45. The summed E-state index contributed by atoms with van der Waals surface area (Å²) in [6, 6.07) is 13.7. The van der Waals surface area contributed by atoms with Crippen LogP contribution in [-0.4, -0.2) is 12.8 Å². The summed E-state index contributed by atoms with van der Waals surface area (Å²) in [6.45, 7) is 4.37. The summed E-state index contributed by atoms with van der Waals surface area (Å²) < 4.78 is 24.2. The van der Waals surface area contributed by atoms with Crippen molar-refractivity contribution in [2.45, 2.75) is 33.1 Å². The minimum Gasteiger partial charge on any atom is -0.424 e. The summed E-state index contributed by atoms with van der Waals surface area (Å²) in [5, 5.41) is 2.04. The maximum Gasteiger partial charge on any atom is 0.379 e. The molecule has 2 aromatic carbocycles. The highest BCUT2D eigenvalue weighted by Gasteiger charge is 2.25. The second kappa shape index (κ2) is 7.63. The van der Waals surface area contributed by atoms with Gasteiger partial charge in [-0.15, -0.1) is 0 Å². The zero-order valence-corrected chi connectivity index (χ0v) is 13.6. The normalized spacial score (nSPS) is 14.0. The monoisotopic (exact) mass is 306 g/mol. The van der Waals surface area contributed by atoms with E-state index in [1.165, 1.54) is 0 Å². The summed E-state index contributed by atoms with van der Waals surface area (Å²) in [4.78, 5) is 0. The number of unbranched alkanes of at least 4 members (excludes halogenated alkanes) is 2. The van der Waals surface area contributed by atoms with E-state index in [0.29, 0.717) is 18.5 Å². The third-order valence-electron chi connectivity index (χ3n) is 3.35. The largest absolute Gasteiger partial charge is 0.424 e. The van der Waals surface area contributed by atoms with Gasteiger partial charge in [0.15, 0.2) is 0 Å². The van der Waals surface area contributed by atoms with E-state index in [1.54, 1.807) is 0 Å². The Hall–Kier alpha value is -1.31. The van der Waals surface area contributed by atoms with Crippen LogP contribution in [-0.2, 0) is 9.09 Å². The fraction of sp³-hybridized carbons (Fsp3) is 0.412. The lowest BCUT2D eigenvalue weighted by atomic mass is 10.1. The molecule has 2 rings (SSSR count). The highest BCUT2D eigenvalue weighted by Crippen LogP contribution is 2.50. The van der Waals surface area contributed by atoms with E-state index in [2.05, 4.69) is 6.92 Å². The van der Waals surface area contributed by atoms with Crippen LogP contribution in [0.1, 0.15) is 33.1 Å². The second-order valence-electron chi connectivity index (χ2n) is 5.03. The molecule has 0 aromatic heterocycles. The fourth-order valence-corrected chi connectivity index (χ4v) is 4.05. The van der Waals surface area contributed by atoms with Gasteiger partial charge in [-0.25, -0.2) is 4.57 Å². The zero-order valence-electron chi connectivity index (χ0n) is 12.7. The van der Waals surface area contributed by atoms with E-state index < -0.39 is 7.60 Å². The smallest absolute Gasteiger partial charge is 0.379 e. The van der Waals surface area contributed by atoms with E-state index >= 15 is 0 Å². The van der Waals surface area contributed by atoms with Crippen LogP contribution in [0.4, 0.5) is 0 Å². The lowest BCUT2D eigenvalue weighted by molar-refractivity contribution is 0.279. The first kappa shape index (κ1) is 16.1. The molecular weight excluding hydrogens is 283 g/mol. The standard InChI is InChI=1S/C17H23O3P/c1-3-5-8-14-21(18,19-4-2)20-17-13-9-11-15-10-6-7-12-16(15)17/h6-7,9-13H,3-5,8,14H2,1-2H3. The van der Waals surface area contributed by atoms with Gasteiger partial charge < -0.3 is 9.05 Å². The molecule has 1 unspecified atom stereocenters. The van der Waals surface area contributed by atoms with Gasteiger partial charge in [0.05, 0.1) is 12.8 Å². The topological polar surface area (TPSA) is 35.5 Å². The number of hydrogen-bond donors (Lipinski definition) is 0. The minimum absolute atomic E-state index is 0.397. The molecule has 3 nitrogen and oxygen atoms in total. The van der Waals surface area contributed by atoms with E-state index in [0.717, 1.165) is 30.0 Å². The summed E-state index contributed by atoms with van der Waals surface area (Å²) in [5.74, 6) is 0.640. The average molecular weight is 306 g/mol. The van der Waals surface area contributed by atoms with Crippen LogP contribution in [0.15, 0.2) is 42.5 Å². The Morgan fingerprint density at radius 3 is 2.52 bits per heavy atom. The van der Waals surface area contributed by atoms with Crippen molar-refractivity contribution in [3.63, 3.8) is 0 Å². The quantitative estimate of drug-likeness (QED) is 0.468. The van der Waals surface area contributed by atoms with Crippen molar-refractivity contribution in [2.24, 2.45) is 0 Å². The Labute approximate surface area is 126 Å². The first-order valence-electron chi connectivity index (χ1n) is 7.59. The number of fused-ring (bicyclic) bond motifs is 1. The molecule has 1 atom stereocenters. The molecule has 21 heavy (non-hydrogen) atoms. The molecule has 0 saturated carbocycles. The lowest BCUT2D eigenvalue weighted by Gasteiger charge is -2.19. The summed E-state index contributed by atoms with van der Waals surface area (Å²) in [5.41, 5.74) is 0. The molecule has 0 spiro atoms. The van der Waals surface area contributed by atoms with Gasteiger partial charge in [-0.05, 0) is 24.8 Å². The Morgan fingerprint density at radius 1 is 1.00 bits per heavy atom. The molecule has 0 amide bonds. The summed E-state index contributed by atoms with van der Waals surface area (Å²) in [7, 11) is -3.08. The van der Waals surface area contributed by atoms with Crippen LogP contribution < -0.4 is 4.52 Å². The minimum atomic E-state index is -3.08. The Balaban J connectivity index is 2.24. The van der Waals surface area contributed by atoms with E-state index in [1.807, 2.05) is 49.4 Å². The van der Waals surface area contributed by atoms with Gasteiger partial charge in [-0.3, -0.25) is 0 Å². The maximum atomic E-state index is 12.9. The van der Waals surface area contributed by atoms with Crippen molar-refractivity contribution >= 4 is 18.4 Å². The van der Waals surface area contributed by atoms with Gasteiger partial charge >= 0.3 is 7.60 Å². The first-order chi connectivity index (χ1) is 10.2. The number of hydrogen-bond acceptors (Lipinski definition) is 3. The van der Waals surface area contributed by atoms with Crippen LogP contribution >= 0.6 is 7.60 Å². The first-order valence-corrected chi connectivity index (χ1v) is 9.32. The van der Waals surface area contributed by atoms with Crippen LogP contribution in [0.2, 0.25) is 0 Å². The zero-order chi connectivity index (χ0) is 15.1. The van der Waals surface area contributed by atoms with Crippen molar-refractivity contribution in [1.82, 2.24) is 0 Å². The van der Waals surface area contributed by atoms with Crippen molar-refractivity contribution in [2.75, 3.05) is 12.8 Å². The predicted octanol–water partition coefficient (Wildman–Crippen LogP) is 5.64. The molecule has 0 aliphatic rings. The van der Waals surface area contributed by atoms with Crippen LogP contribution in [0.25, 0.3) is 10.8 Å². The van der Waals surface area contributed by atoms with E-state index in [4.69, 9.17) is 9.05 Å². The Bertz CT molecular complexity index is 619. The van der Waals surface area contributed by atoms with Gasteiger partial charge in [0.25, 0.3) is 0 Å².